The molecule has 1 spiro atoms. The zero-order valence-corrected chi connectivity index (χ0v) is 36.6. The Morgan fingerprint density at radius 3 is 2.27 bits per heavy atom. The maximum atomic E-state index is 13.5. The van der Waals surface area contributed by atoms with Gasteiger partial charge in [0.25, 0.3) is 11.5 Å². The number of aromatic nitrogens is 2. The smallest absolute Gasteiger partial charge is 0.282 e. The second-order valence-corrected chi connectivity index (χ2v) is 21.5. The minimum atomic E-state index is -0.621. The third-order valence-electron chi connectivity index (χ3n) is 17.2. The molecule has 0 radical (unpaired) electrons. The lowest BCUT2D eigenvalue weighted by atomic mass is 9.73. The number of likely N-dealkylation sites (tertiary alicyclic amines) is 2. The summed E-state index contributed by atoms with van der Waals surface area (Å²) in [4.78, 5) is 62.8. The van der Waals surface area contributed by atoms with Crippen LogP contribution in [0.25, 0.3) is 16.6 Å². The van der Waals surface area contributed by atoms with Crippen molar-refractivity contribution in [2.24, 2.45) is 10.8 Å². The van der Waals surface area contributed by atoms with Crippen molar-refractivity contribution >= 4 is 40.2 Å². The molecule has 2 aliphatic carbocycles. The number of hydrogen-bond acceptors (Lipinski definition) is 8. The number of carbonyl (C=O) groups is 3. The average Bonchev–Trinajstić information content (AvgIpc) is 4.04. The molecule has 5 fully saturated rings. The number of carbonyl (C=O) groups excluding carboxylic acids is 3. The molecule has 12 heteroatoms. The Morgan fingerprint density at radius 1 is 0.839 bits per heavy atom. The molecule has 4 aromatic rings. The first-order valence-electron chi connectivity index (χ1n) is 23.1. The molecular formula is C50H55ClN6O5. The van der Waals surface area contributed by atoms with Crippen LogP contribution in [-0.4, -0.2) is 93.9 Å². The fourth-order valence-corrected chi connectivity index (χ4v) is 14.1. The SMILES string of the molecule is CC1(C)c2ccc(C3CCN(CC45CCC(CN6CCC7(CC6)COc6c7ccc7c6CN([C@H]6CCC(=O)NC6=O)C7=O)(CC4)C5)CC3)cc2-n2c1nc(=O)c1c(Cl)cccc12. The Kier molecular flexibility index (Phi) is 8.63. The van der Waals surface area contributed by atoms with Crippen LogP contribution in [0, 0.1) is 10.8 Å². The Hall–Kier alpha value is -4.58. The molecule has 8 aliphatic rings. The van der Waals surface area contributed by atoms with Gasteiger partial charge in [0.15, 0.2) is 0 Å². The van der Waals surface area contributed by atoms with Crippen LogP contribution in [0.1, 0.15) is 129 Å². The van der Waals surface area contributed by atoms with Crippen LogP contribution in [0.5, 0.6) is 5.75 Å². The molecule has 7 heterocycles. The first kappa shape index (κ1) is 39.0. The standard InChI is InChI=1S/C50H55ClN6O5/c1-47(2)34-8-6-31(24-39(34)57-37-5-3-4-36(51)41(37)44(60)53-46(47)57)30-12-20-54(21-13-30)27-48-14-16-49(26-48,17-15-48)28-55-22-18-50(19-23-55)29-62-42-33-25-56(38-10-11-40(58)52-43(38)59)45(61)32(33)7-9-35(42)50/h3-9,24,30,38H,10-23,25-29H2,1-2H3,(H,52,58,59)/t38-,48?,49?/m0/s1. The summed E-state index contributed by atoms with van der Waals surface area (Å²) < 4.78 is 8.66. The molecule has 62 heavy (non-hydrogen) atoms. The summed E-state index contributed by atoms with van der Waals surface area (Å²) in [7, 11) is 0. The van der Waals surface area contributed by atoms with Crippen LogP contribution in [0.4, 0.5) is 0 Å². The van der Waals surface area contributed by atoms with E-state index in [9.17, 15) is 19.2 Å². The van der Waals surface area contributed by atoms with E-state index in [1.807, 2.05) is 18.2 Å². The highest BCUT2D eigenvalue weighted by molar-refractivity contribution is 6.35. The molecule has 12 rings (SSSR count). The topological polar surface area (TPSA) is 117 Å². The van der Waals surface area contributed by atoms with Gasteiger partial charge in [0, 0.05) is 41.6 Å². The van der Waals surface area contributed by atoms with Crippen molar-refractivity contribution < 1.29 is 19.1 Å². The van der Waals surface area contributed by atoms with Crippen LogP contribution in [-0.2, 0) is 27.0 Å². The van der Waals surface area contributed by atoms with Crippen molar-refractivity contribution in [3.8, 4) is 11.4 Å². The average molecular weight is 855 g/mol. The molecular weight excluding hydrogens is 800 g/mol. The van der Waals surface area contributed by atoms with Gasteiger partial charge in [-0.3, -0.25) is 29.1 Å². The molecule has 3 saturated heterocycles. The number of benzene rings is 3. The van der Waals surface area contributed by atoms with Gasteiger partial charge < -0.3 is 19.4 Å². The molecule has 2 saturated carbocycles. The third-order valence-corrected chi connectivity index (χ3v) is 17.5. The Morgan fingerprint density at radius 2 is 1.55 bits per heavy atom. The summed E-state index contributed by atoms with van der Waals surface area (Å²) in [5.74, 6) is 1.35. The van der Waals surface area contributed by atoms with E-state index >= 15 is 0 Å². The highest BCUT2D eigenvalue weighted by Gasteiger charge is 2.56. The maximum absolute atomic E-state index is 13.5. The summed E-state index contributed by atoms with van der Waals surface area (Å²) >= 11 is 6.55. The van der Waals surface area contributed by atoms with E-state index in [2.05, 4.69) is 62.8 Å². The number of rotatable bonds is 6. The van der Waals surface area contributed by atoms with E-state index in [4.69, 9.17) is 16.3 Å². The van der Waals surface area contributed by atoms with E-state index in [1.165, 1.54) is 61.9 Å². The van der Waals surface area contributed by atoms with Crippen molar-refractivity contribution in [2.75, 3.05) is 45.9 Å². The van der Waals surface area contributed by atoms with Gasteiger partial charge in [0.05, 0.1) is 40.2 Å². The number of imide groups is 1. The van der Waals surface area contributed by atoms with Crippen molar-refractivity contribution in [3.05, 3.63) is 97.5 Å². The summed E-state index contributed by atoms with van der Waals surface area (Å²) in [6, 6.07) is 16.1. The van der Waals surface area contributed by atoms with Gasteiger partial charge in [-0.25, -0.2) is 0 Å². The molecule has 1 atom stereocenters. The van der Waals surface area contributed by atoms with Gasteiger partial charge in [0.2, 0.25) is 11.8 Å². The number of amides is 3. The number of piperidine rings is 3. The fourth-order valence-electron chi connectivity index (χ4n) is 13.8. The molecule has 1 aromatic heterocycles. The van der Waals surface area contributed by atoms with Gasteiger partial charge >= 0.3 is 0 Å². The summed E-state index contributed by atoms with van der Waals surface area (Å²) in [6.45, 7) is 12.2. The number of nitrogens with zero attached hydrogens (tertiary/aromatic N) is 5. The predicted molar refractivity (Wildman–Crippen MR) is 236 cm³/mol. The van der Waals surface area contributed by atoms with E-state index in [0.717, 1.165) is 80.2 Å². The number of fused-ring (bicyclic) bond motifs is 11. The lowest BCUT2D eigenvalue weighted by Crippen LogP contribution is -2.52. The van der Waals surface area contributed by atoms with E-state index in [1.54, 1.807) is 11.0 Å². The number of nitrogens with one attached hydrogen (secondary N) is 1. The Labute approximate surface area is 367 Å². The van der Waals surface area contributed by atoms with Gasteiger partial charge in [-0.1, -0.05) is 35.9 Å². The minimum absolute atomic E-state index is 0.0356. The van der Waals surface area contributed by atoms with Crippen LogP contribution in [0.15, 0.2) is 53.3 Å². The van der Waals surface area contributed by atoms with Crippen molar-refractivity contribution in [1.82, 2.24) is 29.6 Å². The first-order chi connectivity index (χ1) is 29.8. The highest BCUT2D eigenvalue weighted by atomic mass is 35.5. The fraction of sp³-hybridized carbons (Fsp3) is 0.540. The predicted octanol–water partition coefficient (Wildman–Crippen LogP) is 7.00. The van der Waals surface area contributed by atoms with Crippen LogP contribution < -0.4 is 15.6 Å². The molecule has 3 amide bonds. The molecule has 322 valence electrons. The minimum Gasteiger partial charge on any atom is -0.492 e. The lowest BCUT2D eigenvalue weighted by molar-refractivity contribution is -0.136. The monoisotopic (exact) mass is 854 g/mol. The van der Waals surface area contributed by atoms with Crippen LogP contribution in [0.3, 0.4) is 0 Å². The highest BCUT2D eigenvalue weighted by Crippen LogP contribution is 2.62. The van der Waals surface area contributed by atoms with Crippen molar-refractivity contribution in [3.63, 3.8) is 0 Å². The summed E-state index contributed by atoms with van der Waals surface area (Å²) in [5.41, 5.74) is 7.50. The van der Waals surface area contributed by atoms with E-state index in [0.29, 0.717) is 52.3 Å². The molecule has 11 nitrogen and oxygen atoms in total. The summed E-state index contributed by atoms with van der Waals surface area (Å²) in [6.07, 6.45) is 11.8. The molecule has 3 aromatic carbocycles. The first-order valence-corrected chi connectivity index (χ1v) is 23.5. The van der Waals surface area contributed by atoms with Gasteiger partial charge in [-0.05, 0) is 156 Å². The zero-order chi connectivity index (χ0) is 42.3. The lowest BCUT2D eigenvalue weighted by Gasteiger charge is -2.42. The Bertz CT molecular complexity index is 2670. The summed E-state index contributed by atoms with van der Waals surface area (Å²) in [5, 5.41) is 3.35. The second-order valence-electron chi connectivity index (χ2n) is 21.1. The van der Waals surface area contributed by atoms with Crippen LogP contribution >= 0.6 is 11.6 Å². The van der Waals surface area contributed by atoms with Crippen LogP contribution in [0.2, 0.25) is 5.02 Å². The number of hydrogen-bond donors (Lipinski definition) is 1. The van der Waals surface area contributed by atoms with E-state index < -0.39 is 6.04 Å². The maximum Gasteiger partial charge on any atom is 0.282 e. The number of ether oxygens (including phenoxy) is 1. The molecule has 2 bridgehead atoms. The molecule has 6 aliphatic heterocycles. The molecule has 1 N–H and O–H groups in total. The van der Waals surface area contributed by atoms with Gasteiger partial charge in [-0.15, -0.1) is 0 Å². The van der Waals surface area contributed by atoms with E-state index in [-0.39, 0.29) is 40.5 Å². The normalized spacial score (nSPS) is 28.7. The van der Waals surface area contributed by atoms with Crippen molar-refractivity contribution in [2.45, 2.75) is 114 Å². The second kappa shape index (κ2) is 13.7. The Balaban J connectivity index is 0.673. The third kappa shape index (κ3) is 5.79. The van der Waals surface area contributed by atoms with Crippen molar-refractivity contribution in [1.29, 1.82) is 0 Å². The quantitative estimate of drug-likeness (QED) is 0.207. The molecule has 0 unspecified atom stereocenters. The van der Waals surface area contributed by atoms with Gasteiger partial charge in [-0.2, -0.15) is 4.98 Å². The zero-order valence-electron chi connectivity index (χ0n) is 35.9. The largest absolute Gasteiger partial charge is 0.492 e. The number of halogens is 1. The van der Waals surface area contributed by atoms with Gasteiger partial charge in [0.1, 0.15) is 17.6 Å².